The van der Waals surface area contributed by atoms with Gasteiger partial charge in [-0.2, -0.15) is 0 Å². The van der Waals surface area contributed by atoms with Crippen molar-refractivity contribution in [2.24, 2.45) is 0 Å². The van der Waals surface area contributed by atoms with Crippen molar-refractivity contribution in [3.63, 3.8) is 0 Å². The minimum Gasteiger partial charge on any atom is -0.333 e. The van der Waals surface area contributed by atoms with Crippen molar-refractivity contribution in [1.29, 1.82) is 0 Å². The highest BCUT2D eigenvalue weighted by molar-refractivity contribution is 6.30. The highest BCUT2D eigenvalue weighted by atomic mass is 35.5. The number of rotatable bonds is 4. The molecule has 2 aromatic carbocycles. The van der Waals surface area contributed by atoms with Crippen LogP contribution in [0.3, 0.4) is 0 Å². The summed E-state index contributed by atoms with van der Waals surface area (Å²) in [5, 5.41) is 3.33. The maximum atomic E-state index is 12.1. The number of halogens is 1. The number of hydrogen-bond acceptors (Lipinski definition) is 2. The average molecular weight is 329 g/mol. The van der Waals surface area contributed by atoms with Crippen molar-refractivity contribution in [3.8, 4) is 0 Å². The predicted octanol–water partition coefficient (Wildman–Crippen LogP) is 3.29. The monoisotopic (exact) mass is 328 g/mol. The van der Waals surface area contributed by atoms with Gasteiger partial charge in [0, 0.05) is 29.6 Å². The fraction of sp³-hybridized carbons (Fsp3) is 0.222. The van der Waals surface area contributed by atoms with Gasteiger partial charge < -0.3 is 10.2 Å². The van der Waals surface area contributed by atoms with Crippen LogP contribution >= 0.6 is 11.6 Å². The summed E-state index contributed by atoms with van der Waals surface area (Å²) in [7, 11) is 0. The van der Waals surface area contributed by atoms with Crippen LogP contribution in [0.1, 0.15) is 17.9 Å². The zero-order valence-electron chi connectivity index (χ0n) is 12.5. The maximum absolute atomic E-state index is 12.1. The lowest BCUT2D eigenvalue weighted by molar-refractivity contribution is -0.131. The van der Waals surface area contributed by atoms with Crippen LogP contribution < -0.4 is 5.32 Å². The number of nitrogens with zero attached hydrogens (tertiary/aromatic N) is 1. The molecule has 1 heterocycles. The van der Waals surface area contributed by atoms with Crippen LogP contribution in [0.2, 0.25) is 5.02 Å². The van der Waals surface area contributed by atoms with E-state index < -0.39 is 0 Å². The summed E-state index contributed by atoms with van der Waals surface area (Å²) in [6.45, 7) is 0.639. The third kappa shape index (κ3) is 3.90. The average Bonchev–Trinajstić information content (AvgIpc) is 2.89. The van der Waals surface area contributed by atoms with Crippen LogP contribution in [0.4, 0.5) is 5.69 Å². The number of likely N-dealkylation sites (tertiary alicyclic amines) is 1. The van der Waals surface area contributed by atoms with Gasteiger partial charge in [-0.25, -0.2) is 0 Å². The Kier molecular flexibility index (Phi) is 4.63. The van der Waals surface area contributed by atoms with Crippen molar-refractivity contribution < 1.29 is 9.59 Å². The maximum Gasteiger partial charge on any atom is 0.243 e. The molecule has 23 heavy (non-hydrogen) atoms. The van der Waals surface area contributed by atoms with Gasteiger partial charge in [-0.15, -0.1) is 0 Å². The molecule has 1 aliphatic rings. The van der Waals surface area contributed by atoms with E-state index >= 15 is 0 Å². The Hall–Kier alpha value is -2.33. The summed E-state index contributed by atoms with van der Waals surface area (Å²) in [6, 6.07) is 16.9. The Balaban J connectivity index is 1.60. The van der Waals surface area contributed by atoms with E-state index in [0.717, 1.165) is 5.56 Å². The molecule has 1 N–H and O–H groups in total. The van der Waals surface area contributed by atoms with Gasteiger partial charge in [-0.1, -0.05) is 48.0 Å². The van der Waals surface area contributed by atoms with Crippen molar-refractivity contribution in [3.05, 3.63) is 65.2 Å². The standard InChI is InChI=1S/C18H17ClN2O2/c19-15-7-4-8-16(10-15)20-17(22)12-21-11-14(9-18(21)23)13-5-2-1-3-6-13/h1-8,10,14H,9,11-12H2,(H,20,22)/t14-/m1/s1. The van der Waals surface area contributed by atoms with Crippen LogP contribution in [0.5, 0.6) is 0 Å². The molecule has 0 radical (unpaired) electrons. The van der Waals surface area contributed by atoms with Gasteiger partial charge in [0.25, 0.3) is 0 Å². The topological polar surface area (TPSA) is 49.4 Å². The molecule has 1 atom stereocenters. The Morgan fingerprint density at radius 2 is 1.96 bits per heavy atom. The Morgan fingerprint density at radius 1 is 1.17 bits per heavy atom. The molecular formula is C18H17ClN2O2. The molecule has 0 bridgehead atoms. The summed E-state index contributed by atoms with van der Waals surface area (Å²) in [5.74, 6) is -0.0444. The second kappa shape index (κ2) is 6.84. The van der Waals surface area contributed by atoms with E-state index in [1.54, 1.807) is 29.2 Å². The third-order valence-corrected chi connectivity index (χ3v) is 4.16. The van der Waals surface area contributed by atoms with Gasteiger partial charge in [0.2, 0.25) is 11.8 Å². The van der Waals surface area contributed by atoms with E-state index in [0.29, 0.717) is 23.7 Å². The highest BCUT2D eigenvalue weighted by Gasteiger charge is 2.31. The largest absolute Gasteiger partial charge is 0.333 e. The Labute approximate surface area is 140 Å². The van der Waals surface area contributed by atoms with Gasteiger partial charge in [-0.3, -0.25) is 9.59 Å². The molecule has 118 valence electrons. The van der Waals surface area contributed by atoms with E-state index in [1.165, 1.54) is 0 Å². The molecule has 0 unspecified atom stereocenters. The van der Waals surface area contributed by atoms with Crippen molar-refractivity contribution in [1.82, 2.24) is 4.90 Å². The van der Waals surface area contributed by atoms with Gasteiger partial charge in [-0.05, 0) is 23.8 Å². The van der Waals surface area contributed by atoms with Crippen molar-refractivity contribution >= 4 is 29.1 Å². The van der Waals surface area contributed by atoms with E-state index in [9.17, 15) is 9.59 Å². The van der Waals surface area contributed by atoms with E-state index in [4.69, 9.17) is 11.6 Å². The van der Waals surface area contributed by atoms with Gasteiger partial charge in [0.15, 0.2) is 0 Å². The highest BCUT2D eigenvalue weighted by Crippen LogP contribution is 2.27. The molecule has 0 aliphatic carbocycles. The third-order valence-electron chi connectivity index (χ3n) is 3.93. The molecule has 0 saturated carbocycles. The molecule has 2 amide bonds. The molecule has 2 aromatic rings. The van der Waals surface area contributed by atoms with E-state index in [-0.39, 0.29) is 24.3 Å². The van der Waals surface area contributed by atoms with Gasteiger partial charge in [0.1, 0.15) is 0 Å². The molecule has 1 fully saturated rings. The SMILES string of the molecule is O=C(CN1C[C@H](c2ccccc2)CC1=O)Nc1cccc(Cl)c1. The molecular weight excluding hydrogens is 312 g/mol. The predicted molar refractivity (Wildman–Crippen MR) is 90.5 cm³/mol. The normalized spacial score (nSPS) is 17.3. The second-order valence-electron chi connectivity index (χ2n) is 5.64. The van der Waals surface area contributed by atoms with Gasteiger partial charge in [0.05, 0.1) is 6.54 Å². The number of hydrogen-bond donors (Lipinski definition) is 1. The molecule has 4 nitrogen and oxygen atoms in total. The molecule has 0 spiro atoms. The van der Waals surface area contributed by atoms with Crippen molar-refractivity contribution in [2.45, 2.75) is 12.3 Å². The summed E-state index contributed by atoms with van der Waals surface area (Å²) >= 11 is 5.89. The van der Waals surface area contributed by atoms with Crippen LogP contribution in [-0.2, 0) is 9.59 Å². The first-order chi connectivity index (χ1) is 11.1. The molecule has 1 saturated heterocycles. The number of carbonyl (C=O) groups is 2. The lowest BCUT2D eigenvalue weighted by Crippen LogP contribution is -2.34. The van der Waals surface area contributed by atoms with Crippen LogP contribution in [-0.4, -0.2) is 29.8 Å². The van der Waals surface area contributed by atoms with E-state index in [1.807, 2.05) is 30.3 Å². The Morgan fingerprint density at radius 3 is 2.70 bits per heavy atom. The minimum absolute atomic E-state index is 0.0140. The summed E-state index contributed by atoms with van der Waals surface area (Å²) < 4.78 is 0. The number of nitrogens with one attached hydrogen (secondary N) is 1. The number of benzene rings is 2. The zero-order chi connectivity index (χ0) is 16.2. The first-order valence-electron chi connectivity index (χ1n) is 7.50. The minimum atomic E-state index is -0.214. The fourth-order valence-corrected chi connectivity index (χ4v) is 3.00. The van der Waals surface area contributed by atoms with E-state index in [2.05, 4.69) is 5.32 Å². The summed E-state index contributed by atoms with van der Waals surface area (Å²) in [6.07, 6.45) is 0.453. The van der Waals surface area contributed by atoms with Gasteiger partial charge >= 0.3 is 0 Å². The Bertz CT molecular complexity index is 718. The fourth-order valence-electron chi connectivity index (χ4n) is 2.81. The number of anilines is 1. The van der Waals surface area contributed by atoms with Crippen LogP contribution in [0.25, 0.3) is 0 Å². The molecule has 1 aliphatic heterocycles. The van der Waals surface area contributed by atoms with Crippen LogP contribution in [0, 0.1) is 0 Å². The summed E-state index contributed by atoms with van der Waals surface area (Å²) in [4.78, 5) is 25.9. The quantitative estimate of drug-likeness (QED) is 0.936. The lowest BCUT2D eigenvalue weighted by atomic mass is 9.99. The zero-order valence-corrected chi connectivity index (χ0v) is 13.3. The first kappa shape index (κ1) is 15.6. The molecule has 3 rings (SSSR count). The molecule has 5 heteroatoms. The number of amides is 2. The molecule has 0 aromatic heterocycles. The smallest absolute Gasteiger partial charge is 0.243 e. The second-order valence-corrected chi connectivity index (χ2v) is 6.08. The number of carbonyl (C=O) groups excluding carboxylic acids is 2. The summed E-state index contributed by atoms with van der Waals surface area (Å²) in [5.41, 5.74) is 1.77. The van der Waals surface area contributed by atoms with Crippen molar-refractivity contribution in [2.75, 3.05) is 18.4 Å². The lowest BCUT2D eigenvalue weighted by Gasteiger charge is -2.16. The van der Waals surface area contributed by atoms with Crippen LogP contribution in [0.15, 0.2) is 54.6 Å². The first-order valence-corrected chi connectivity index (χ1v) is 7.88.